The minimum atomic E-state index is -3.38. The Morgan fingerprint density at radius 3 is 2.10 bits per heavy atom. The molecule has 0 heterocycles. The Kier molecular flexibility index (Phi) is 6.34. The van der Waals surface area contributed by atoms with E-state index < -0.39 is 10.0 Å². The molecule has 3 atom stereocenters. The molecule has 2 N–H and O–H groups in total. The van der Waals surface area contributed by atoms with Crippen LogP contribution in [0.3, 0.4) is 0 Å². The average molecular weight is 314 g/mol. The number of sulfonamides is 1. The summed E-state index contributed by atoms with van der Waals surface area (Å²) in [5.74, 6) is 0. The van der Waals surface area contributed by atoms with Gasteiger partial charge in [0.2, 0.25) is 10.0 Å². The van der Waals surface area contributed by atoms with Crippen molar-refractivity contribution in [2.24, 2.45) is 0 Å². The molecule has 1 aromatic rings. The summed E-state index contributed by atoms with van der Waals surface area (Å²) in [5, 5.41) is 12.8. The summed E-state index contributed by atoms with van der Waals surface area (Å²) >= 11 is 0. The van der Waals surface area contributed by atoms with Crippen LogP contribution in [-0.2, 0) is 10.0 Å². The molecule has 5 nitrogen and oxygen atoms in total. The molecule has 0 aliphatic rings. The predicted octanol–water partition coefficient (Wildman–Crippen LogP) is 1.75. The lowest BCUT2D eigenvalue weighted by Gasteiger charge is -2.21. The fraction of sp³-hybridized carbons (Fsp3) is 0.600. The molecule has 0 aromatic heterocycles. The molecular formula is C15H26N2O3S. The van der Waals surface area contributed by atoms with Crippen molar-refractivity contribution < 1.29 is 13.5 Å². The Labute approximate surface area is 128 Å². The summed E-state index contributed by atoms with van der Waals surface area (Å²) in [6.45, 7) is 5.81. The molecule has 1 aromatic carbocycles. The fourth-order valence-corrected chi connectivity index (χ4v) is 3.14. The number of aliphatic hydroxyl groups excluding tert-OH is 1. The highest BCUT2D eigenvalue weighted by Gasteiger charge is 2.17. The molecule has 0 fully saturated rings. The van der Waals surface area contributed by atoms with Gasteiger partial charge in [-0.2, -0.15) is 0 Å². The summed E-state index contributed by atoms with van der Waals surface area (Å²) in [5.41, 5.74) is 1.02. The van der Waals surface area contributed by atoms with Crippen LogP contribution >= 0.6 is 0 Å². The predicted molar refractivity (Wildman–Crippen MR) is 84.6 cm³/mol. The van der Waals surface area contributed by atoms with Gasteiger partial charge in [-0.1, -0.05) is 12.1 Å². The molecule has 0 radical (unpaired) electrons. The number of aliphatic hydroxyl groups is 1. The van der Waals surface area contributed by atoms with Crippen molar-refractivity contribution >= 4 is 10.0 Å². The van der Waals surface area contributed by atoms with E-state index in [9.17, 15) is 13.5 Å². The number of nitrogens with zero attached hydrogens (tertiary/aromatic N) is 1. The number of rotatable bonds is 7. The van der Waals surface area contributed by atoms with Gasteiger partial charge in [-0.25, -0.2) is 12.7 Å². The van der Waals surface area contributed by atoms with Crippen LogP contribution in [0.2, 0.25) is 0 Å². The van der Waals surface area contributed by atoms with Crippen LogP contribution < -0.4 is 5.32 Å². The lowest BCUT2D eigenvalue weighted by atomic mass is 10.1. The molecule has 6 heteroatoms. The van der Waals surface area contributed by atoms with Crippen LogP contribution in [0.15, 0.2) is 29.2 Å². The first-order valence-corrected chi connectivity index (χ1v) is 8.55. The van der Waals surface area contributed by atoms with Crippen molar-refractivity contribution in [2.45, 2.75) is 50.3 Å². The third-order valence-corrected chi connectivity index (χ3v) is 5.22. The van der Waals surface area contributed by atoms with Gasteiger partial charge >= 0.3 is 0 Å². The average Bonchev–Trinajstić information content (AvgIpc) is 2.37. The van der Waals surface area contributed by atoms with Crippen molar-refractivity contribution in [3.63, 3.8) is 0 Å². The van der Waals surface area contributed by atoms with Crippen molar-refractivity contribution in [2.75, 3.05) is 14.1 Å². The highest BCUT2D eigenvalue weighted by Crippen LogP contribution is 2.19. The lowest BCUT2D eigenvalue weighted by molar-refractivity contribution is 0.168. The minimum Gasteiger partial charge on any atom is -0.393 e. The van der Waals surface area contributed by atoms with Gasteiger partial charge in [0.05, 0.1) is 11.0 Å². The summed E-state index contributed by atoms with van der Waals surface area (Å²) in [6, 6.07) is 7.18. The van der Waals surface area contributed by atoms with E-state index in [1.54, 1.807) is 19.1 Å². The van der Waals surface area contributed by atoms with E-state index in [1.165, 1.54) is 18.4 Å². The summed E-state index contributed by atoms with van der Waals surface area (Å²) < 4.78 is 25.2. The van der Waals surface area contributed by atoms with Crippen LogP contribution in [-0.4, -0.2) is 44.1 Å². The molecule has 0 aliphatic carbocycles. The van der Waals surface area contributed by atoms with E-state index in [4.69, 9.17) is 0 Å². The smallest absolute Gasteiger partial charge is 0.242 e. The maximum atomic E-state index is 12.0. The molecule has 0 saturated carbocycles. The van der Waals surface area contributed by atoms with Crippen LogP contribution in [0, 0.1) is 0 Å². The van der Waals surface area contributed by atoms with E-state index in [-0.39, 0.29) is 18.2 Å². The van der Waals surface area contributed by atoms with Crippen LogP contribution in [0.25, 0.3) is 0 Å². The second-order valence-electron chi connectivity index (χ2n) is 5.73. The van der Waals surface area contributed by atoms with Gasteiger partial charge in [-0.15, -0.1) is 0 Å². The summed E-state index contributed by atoms with van der Waals surface area (Å²) in [6.07, 6.45) is 0.338. The lowest BCUT2D eigenvalue weighted by Crippen LogP contribution is -2.31. The Hall–Kier alpha value is -0.950. The molecule has 0 amide bonds. The van der Waals surface area contributed by atoms with Gasteiger partial charge < -0.3 is 10.4 Å². The first-order valence-electron chi connectivity index (χ1n) is 7.11. The Balaban J connectivity index is 2.78. The zero-order valence-corrected chi connectivity index (χ0v) is 14.2. The number of benzene rings is 1. The van der Waals surface area contributed by atoms with Gasteiger partial charge in [0.15, 0.2) is 0 Å². The zero-order chi connectivity index (χ0) is 16.2. The second kappa shape index (κ2) is 7.35. The maximum absolute atomic E-state index is 12.0. The molecule has 1 rings (SSSR count). The molecule has 21 heavy (non-hydrogen) atoms. The quantitative estimate of drug-likeness (QED) is 0.804. The molecule has 0 aliphatic heterocycles. The van der Waals surface area contributed by atoms with E-state index in [1.807, 2.05) is 26.0 Å². The van der Waals surface area contributed by atoms with Crippen LogP contribution in [0.4, 0.5) is 0 Å². The van der Waals surface area contributed by atoms with Crippen LogP contribution in [0.5, 0.6) is 0 Å². The second-order valence-corrected chi connectivity index (χ2v) is 7.88. The minimum absolute atomic E-state index is 0.0925. The van der Waals surface area contributed by atoms with Crippen LogP contribution in [0.1, 0.15) is 38.8 Å². The highest BCUT2D eigenvalue weighted by atomic mass is 32.2. The third-order valence-electron chi connectivity index (χ3n) is 3.39. The van der Waals surface area contributed by atoms with Crippen molar-refractivity contribution in [1.82, 2.24) is 9.62 Å². The van der Waals surface area contributed by atoms with Crippen molar-refractivity contribution in [3.05, 3.63) is 29.8 Å². The fourth-order valence-electron chi connectivity index (χ4n) is 2.24. The van der Waals surface area contributed by atoms with E-state index in [0.29, 0.717) is 11.3 Å². The topological polar surface area (TPSA) is 69.6 Å². The molecule has 0 saturated heterocycles. The van der Waals surface area contributed by atoms with Gasteiger partial charge in [-0.3, -0.25) is 0 Å². The molecule has 0 bridgehead atoms. The summed E-state index contributed by atoms with van der Waals surface area (Å²) in [4.78, 5) is 0.292. The SMILES string of the molecule is CC(O)CC(C)NC(C)c1ccc(S(=O)(=O)N(C)C)cc1. The van der Waals surface area contributed by atoms with Gasteiger partial charge in [0.1, 0.15) is 0 Å². The van der Waals surface area contributed by atoms with E-state index in [0.717, 1.165) is 5.56 Å². The first-order chi connectivity index (χ1) is 9.64. The molecule has 3 unspecified atom stereocenters. The normalized spacial score (nSPS) is 16.7. The largest absolute Gasteiger partial charge is 0.393 e. The Morgan fingerprint density at radius 2 is 1.67 bits per heavy atom. The zero-order valence-electron chi connectivity index (χ0n) is 13.4. The Bertz CT molecular complexity index is 539. The van der Waals surface area contributed by atoms with Gasteiger partial charge in [0.25, 0.3) is 0 Å². The maximum Gasteiger partial charge on any atom is 0.242 e. The number of hydrogen-bond donors (Lipinski definition) is 2. The van der Waals surface area contributed by atoms with E-state index >= 15 is 0 Å². The standard InChI is InChI=1S/C15H26N2O3S/c1-11(10-12(2)18)16-13(3)14-6-8-15(9-7-14)21(19,20)17(4)5/h6-9,11-13,16,18H,10H2,1-5H3. The van der Waals surface area contributed by atoms with Crippen molar-refractivity contribution in [1.29, 1.82) is 0 Å². The van der Waals surface area contributed by atoms with Crippen molar-refractivity contribution in [3.8, 4) is 0 Å². The Morgan fingerprint density at radius 1 is 1.14 bits per heavy atom. The number of nitrogens with one attached hydrogen (secondary N) is 1. The first kappa shape index (κ1) is 18.1. The monoisotopic (exact) mass is 314 g/mol. The van der Waals surface area contributed by atoms with Gasteiger partial charge in [-0.05, 0) is 44.9 Å². The third kappa shape index (κ3) is 5.07. The van der Waals surface area contributed by atoms with Gasteiger partial charge in [0, 0.05) is 26.2 Å². The summed E-state index contributed by atoms with van der Waals surface area (Å²) in [7, 11) is -0.340. The molecule has 0 spiro atoms. The highest BCUT2D eigenvalue weighted by molar-refractivity contribution is 7.89. The number of hydrogen-bond acceptors (Lipinski definition) is 4. The molecular weight excluding hydrogens is 288 g/mol. The molecule has 120 valence electrons. The van der Waals surface area contributed by atoms with E-state index in [2.05, 4.69) is 5.32 Å².